The van der Waals surface area contributed by atoms with E-state index in [4.69, 9.17) is 32.7 Å². The molecule has 0 atom stereocenters. The van der Waals surface area contributed by atoms with Gasteiger partial charge in [0.25, 0.3) is 0 Å². The van der Waals surface area contributed by atoms with Gasteiger partial charge in [-0.3, -0.25) is 15.2 Å². The SMILES string of the molecule is CN(C=N)CCN(C)c1cccc(F)c1C1=NCc2cnc(Nc3ccc(C(N)=O)cc3)nc2-c2ccc(Cl)cc21. The van der Waals surface area contributed by atoms with Crippen molar-refractivity contribution in [3.8, 4) is 11.3 Å². The summed E-state index contributed by atoms with van der Waals surface area (Å²) in [6.45, 7) is 1.39. The molecule has 41 heavy (non-hydrogen) atoms. The van der Waals surface area contributed by atoms with Gasteiger partial charge < -0.3 is 20.9 Å². The number of benzene rings is 3. The summed E-state index contributed by atoms with van der Waals surface area (Å²) in [7, 11) is 3.71. The van der Waals surface area contributed by atoms with Gasteiger partial charge in [-0.2, -0.15) is 0 Å². The maximum Gasteiger partial charge on any atom is 0.248 e. The van der Waals surface area contributed by atoms with Crippen molar-refractivity contribution >= 4 is 46.9 Å². The van der Waals surface area contributed by atoms with Gasteiger partial charge >= 0.3 is 0 Å². The Morgan fingerprint density at radius 3 is 2.63 bits per heavy atom. The second-order valence-electron chi connectivity index (χ2n) is 9.65. The Labute approximate surface area is 242 Å². The normalized spacial score (nSPS) is 12.0. The number of fused-ring (bicyclic) bond motifs is 3. The van der Waals surface area contributed by atoms with Crippen LogP contribution in [0.15, 0.2) is 71.9 Å². The van der Waals surface area contributed by atoms with Crippen LogP contribution in [-0.2, 0) is 6.54 Å². The van der Waals surface area contributed by atoms with Gasteiger partial charge in [0.05, 0.1) is 29.9 Å². The summed E-state index contributed by atoms with van der Waals surface area (Å²) in [4.78, 5) is 29.3. The van der Waals surface area contributed by atoms with Crippen LogP contribution in [0.5, 0.6) is 0 Å². The van der Waals surface area contributed by atoms with Gasteiger partial charge in [-0.05, 0) is 48.5 Å². The third-order valence-corrected chi connectivity index (χ3v) is 7.07. The first kappa shape index (κ1) is 27.7. The van der Waals surface area contributed by atoms with Gasteiger partial charge in [0, 0.05) is 72.0 Å². The number of nitrogens with two attached hydrogens (primary N) is 1. The molecule has 0 bridgehead atoms. The lowest BCUT2D eigenvalue weighted by atomic mass is 9.94. The van der Waals surface area contributed by atoms with E-state index >= 15 is 4.39 Å². The van der Waals surface area contributed by atoms with Gasteiger partial charge in [-0.15, -0.1) is 0 Å². The number of carbonyl (C=O) groups excluding carboxylic acids is 1. The van der Waals surface area contributed by atoms with Crippen molar-refractivity contribution in [2.24, 2.45) is 10.7 Å². The zero-order chi connectivity index (χ0) is 29.1. The Bertz CT molecular complexity index is 1660. The minimum atomic E-state index is -0.508. The first-order valence-corrected chi connectivity index (χ1v) is 13.2. The molecular formula is C30H28ClFN8O. The number of aliphatic imine (C=N–C) groups is 1. The first-order chi connectivity index (χ1) is 19.7. The van der Waals surface area contributed by atoms with Crippen LogP contribution >= 0.6 is 11.6 Å². The van der Waals surface area contributed by atoms with Crippen LogP contribution in [0.2, 0.25) is 5.02 Å². The molecule has 5 rings (SSSR count). The number of halogens is 2. The van der Waals surface area contributed by atoms with E-state index in [0.29, 0.717) is 63.5 Å². The predicted octanol–water partition coefficient (Wildman–Crippen LogP) is 5.10. The number of aromatic nitrogens is 2. The van der Waals surface area contributed by atoms with Crippen LogP contribution in [0.1, 0.15) is 27.0 Å². The van der Waals surface area contributed by atoms with Crippen molar-refractivity contribution < 1.29 is 9.18 Å². The van der Waals surface area contributed by atoms with E-state index in [1.807, 2.05) is 31.1 Å². The fourth-order valence-electron chi connectivity index (χ4n) is 4.60. The van der Waals surface area contributed by atoms with E-state index in [9.17, 15) is 4.79 Å². The molecule has 0 radical (unpaired) electrons. The van der Waals surface area contributed by atoms with E-state index < -0.39 is 11.7 Å². The third-order valence-electron chi connectivity index (χ3n) is 6.84. The third kappa shape index (κ3) is 5.87. The number of likely N-dealkylation sites (N-methyl/N-ethyl adjacent to an activating group) is 2. The predicted molar refractivity (Wildman–Crippen MR) is 161 cm³/mol. The summed E-state index contributed by atoms with van der Waals surface area (Å²) in [5.41, 5.74) is 10.8. The van der Waals surface area contributed by atoms with Gasteiger partial charge in [-0.1, -0.05) is 23.7 Å². The lowest BCUT2D eigenvalue weighted by Crippen LogP contribution is -2.31. The fourth-order valence-corrected chi connectivity index (χ4v) is 4.77. The molecule has 2 heterocycles. The van der Waals surface area contributed by atoms with Gasteiger partial charge in [0.2, 0.25) is 11.9 Å². The molecule has 0 aliphatic carbocycles. The molecule has 1 aliphatic rings. The van der Waals surface area contributed by atoms with Crippen molar-refractivity contribution in [3.05, 3.63) is 100.0 Å². The molecule has 4 aromatic rings. The van der Waals surface area contributed by atoms with Crippen LogP contribution in [0.4, 0.5) is 21.7 Å². The molecule has 208 valence electrons. The molecule has 0 fully saturated rings. The van der Waals surface area contributed by atoms with Crippen LogP contribution < -0.4 is 16.0 Å². The standard InChI is InChI=1S/C30H28ClFN8O/c1-39(17-33)12-13-40(2)25-5-3-4-24(32)26(25)28-23-14-20(31)8-11-22(23)27-19(15-35-28)16-36-30(38-27)37-21-9-6-18(7-10-21)29(34)41/h3-11,14,16-17,33H,12-13,15H2,1-2H3,(H2,34,41)(H,36,37,38). The van der Waals surface area contributed by atoms with E-state index in [1.165, 1.54) is 12.4 Å². The quantitative estimate of drug-likeness (QED) is 0.190. The highest BCUT2D eigenvalue weighted by Crippen LogP contribution is 2.36. The van der Waals surface area contributed by atoms with Crippen molar-refractivity contribution in [3.63, 3.8) is 0 Å². The molecule has 1 amide bonds. The molecular weight excluding hydrogens is 543 g/mol. The Balaban J connectivity index is 1.56. The van der Waals surface area contributed by atoms with Gasteiger partial charge in [-0.25, -0.2) is 14.4 Å². The minimum absolute atomic E-state index is 0.235. The summed E-state index contributed by atoms with van der Waals surface area (Å²) in [5, 5.41) is 11.1. The molecule has 1 aromatic heterocycles. The van der Waals surface area contributed by atoms with Gasteiger partial charge in [0.1, 0.15) is 5.82 Å². The van der Waals surface area contributed by atoms with E-state index in [-0.39, 0.29) is 6.54 Å². The summed E-state index contributed by atoms with van der Waals surface area (Å²) in [5.74, 6) is -0.563. The highest BCUT2D eigenvalue weighted by atomic mass is 35.5. The molecule has 9 nitrogen and oxygen atoms in total. The van der Waals surface area contributed by atoms with Crippen LogP contribution in [0.25, 0.3) is 11.3 Å². The minimum Gasteiger partial charge on any atom is -0.372 e. The molecule has 0 saturated carbocycles. The molecule has 0 spiro atoms. The topological polar surface area (TPSA) is 124 Å². The Hall–Kier alpha value is -4.83. The molecule has 1 aliphatic heterocycles. The molecule has 3 aromatic carbocycles. The van der Waals surface area contributed by atoms with Crippen LogP contribution in [-0.4, -0.2) is 60.0 Å². The lowest BCUT2D eigenvalue weighted by Gasteiger charge is -2.25. The van der Waals surface area contributed by atoms with E-state index in [0.717, 1.165) is 11.1 Å². The maximum atomic E-state index is 15.6. The van der Waals surface area contributed by atoms with Crippen molar-refractivity contribution in [2.45, 2.75) is 6.54 Å². The zero-order valence-corrected chi connectivity index (χ0v) is 23.3. The number of hydrogen-bond donors (Lipinski definition) is 3. The number of nitrogens with one attached hydrogen (secondary N) is 2. The smallest absolute Gasteiger partial charge is 0.248 e. The summed E-state index contributed by atoms with van der Waals surface area (Å²) in [6.07, 6.45) is 2.96. The van der Waals surface area contributed by atoms with Crippen LogP contribution in [0.3, 0.4) is 0 Å². The number of hydrogen-bond acceptors (Lipinski definition) is 7. The molecule has 4 N–H and O–H groups in total. The van der Waals surface area contributed by atoms with Crippen molar-refractivity contribution in [2.75, 3.05) is 37.4 Å². The first-order valence-electron chi connectivity index (χ1n) is 12.8. The summed E-state index contributed by atoms with van der Waals surface area (Å²) >= 11 is 6.46. The average Bonchev–Trinajstić information content (AvgIpc) is 3.12. The fraction of sp³-hybridized carbons (Fsp3) is 0.167. The Kier molecular flexibility index (Phi) is 7.93. The Morgan fingerprint density at radius 2 is 1.90 bits per heavy atom. The van der Waals surface area contributed by atoms with Crippen molar-refractivity contribution in [1.82, 2.24) is 14.9 Å². The maximum absolute atomic E-state index is 15.6. The van der Waals surface area contributed by atoms with E-state index in [1.54, 1.807) is 53.6 Å². The zero-order valence-electron chi connectivity index (χ0n) is 22.5. The summed E-state index contributed by atoms with van der Waals surface area (Å²) in [6, 6.07) is 17.1. The van der Waals surface area contributed by atoms with Crippen molar-refractivity contribution in [1.29, 1.82) is 5.41 Å². The number of amides is 1. The average molecular weight is 571 g/mol. The number of anilines is 3. The van der Waals surface area contributed by atoms with E-state index in [2.05, 4.69) is 10.3 Å². The molecule has 0 saturated heterocycles. The number of nitrogens with zero attached hydrogens (tertiary/aromatic N) is 5. The number of rotatable bonds is 9. The summed E-state index contributed by atoms with van der Waals surface area (Å²) < 4.78 is 15.6. The van der Waals surface area contributed by atoms with Crippen LogP contribution in [0, 0.1) is 11.2 Å². The van der Waals surface area contributed by atoms with Gasteiger partial charge in [0.15, 0.2) is 0 Å². The largest absolute Gasteiger partial charge is 0.372 e. The second-order valence-corrected chi connectivity index (χ2v) is 10.1. The molecule has 0 unspecified atom stereocenters. The molecule has 11 heteroatoms. The lowest BCUT2D eigenvalue weighted by molar-refractivity contribution is 0.100. The Morgan fingerprint density at radius 1 is 1.12 bits per heavy atom. The monoisotopic (exact) mass is 570 g/mol. The highest BCUT2D eigenvalue weighted by molar-refractivity contribution is 6.32. The second kappa shape index (κ2) is 11.7. The number of primary amides is 1. The number of carbonyl (C=O) groups is 1. The highest BCUT2D eigenvalue weighted by Gasteiger charge is 2.26.